The number of oxime groups is 1. The molecule has 0 amide bonds. The molecular weight excluding hydrogens is 412 g/mol. The number of hydrogen-bond donors (Lipinski definition) is 0. The van der Waals surface area contributed by atoms with Gasteiger partial charge in [0.2, 0.25) is 0 Å². The molecule has 0 aliphatic heterocycles. The highest BCUT2D eigenvalue weighted by Crippen LogP contribution is 2.11. The van der Waals surface area contributed by atoms with Gasteiger partial charge in [0.15, 0.2) is 12.4 Å². The van der Waals surface area contributed by atoms with Gasteiger partial charge in [-0.2, -0.15) is 9.78 Å². The lowest BCUT2D eigenvalue weighted by Gasteiger charge is -2.09. The Bertz CT molecular complexity index is 1310. The largest absolute Gasteiger partial charge is 0.387 e. The third-order valence-electron chi connectivity index (χ3n) is 4.60. The third-order valence-corrected chi connectivity index (χ3v) is 4.85. The molecule has 0 N–H and O–H groups in total. The molecule has 0 fully saturated rings. The first-order valence-corrected chi connectivity index (χ1v) is 10.0. The molecule has 4 aromatic rings. The maximum Gasteiger partial charge on any atom is 0.282 e. The van der Waals surface area contributed by atoms with Crippen molar-refractivity contribution in [3.8, 4) is 0 Å². The molecule has 0 aliphatic rings. The summed E-state index contributed by atoms with van der Waals surface area (Å²) in [4.78, 5) is 23.1. The Morgan fingerprint density at radius 2 is 1.74 bits per heavy atom. The Morgan fingerprint density at radius 3 is 2.52 bits per heavy atom. The van der Waals surface area contributed by atoms with E-state index in [4.69, 9.17) is 16.4 Å². The predicted molar refractivity (Wildman–Crippen MR) is 124 cm³/mol. The van der Waals surface area contributed by atoms with Gasteiger partial charge in [-0.3, -0.25) is 4.79 Å². The summed E-state index contributed by atoms with van der Waals surface area (Å²) in [7, 11) is 0. The van der Waals surface area contributed by atoms with Crippen LogP contribution < -0.4 is 5.56 Å². The first kappa shape index (κ1) is 20.5. The van der Waals surface area contributed by atoms with E-state index in [0.29, 0.717) is 21.7 Å². The fraction of sp³-hybridized carbons (Fsp3) is 0.0833. The zero-order valence-electron chi connectivity index (χ0n) is 16.8. The number of fused-ring (bicyclic) bond motifs is 1. The van der Waals surface area contributed by atoms with Crippen LogP contribution in [0.2, 0.25) is 5.02 Å². The minimum absolute atomic E-state index is 0.0117. The molecule has 0 atom stereocenters. The predicted octanol–water partition coefficient (Wildman–Crippen LogP) is 4.87. The van der Waals surface area contributed by atoms with E-state index in [1.165, 1.54) is 4.68 Å². The topological polar surface area (TPSA) is 68.8 Å². The van der Waals surface area contributed by atoms with Gasteiger partial charge in [-0.1, -0.05) is 71.4 Å². The lowest BCUT2D eigenvalue weighted by Crippen LogP contribution is -2.22. The van der Waals surface area contributed by atoms with E-state index < -0.39 is 0 Å². The van der Waals surface area contributed by atoms with Crippen LogP contribution in [0.4, 0.5) is 0 Å². The molecule has 31 heavy (non-hydrogen) atoms. The first-order valence-electron chi connectivity index (χ1n) is 9.64. The van der Waals surface area contributed by atoms with E-state index in [-0.39, 0.29) is 12.2 Å². The van der Waals surface area contributed by atoms with E-state index >= 15 is 0 Å². The summed E-state index contributed by atoms with van der Waals surface area (Å²) < 4.78 is 1.24. The maximum absolute atomic E-state index is 13.0. The molecule has 3 aromatic carbocycles. The Balaban J connectivity index is 1.67. The Labute approximate surface area is 184 Å². The van der Waals surface area contributed by atoms with Crippen molar-refractivity contribution in [2.45, 2.75) is 13.5 Å². The van der Waals surface area contributed by atoms with Crippen molar-refractivity contribution in [1.29, 1.82) is 0 Å². The fourth-order valence-electron chi connectivity index (χ4n) is 2.97. The standard InChI is InChI=1S/C24H19ClN4O2/c1-17(19-7-3-2-4-8-19)28-31-16-23-27-22-10-6-5-9-21(22)24(30)29(23)26-15-18-11-13-20(25)14-12-18/h2-15H,16H2,1H3/b26-15-,28-17-. The van der Waals surface area contributed by atoms with E-state index in [1.54, 1.807) is 36.5 Å². The van der Waals surface area contributed by atoms with Crippen LogP contribution in [-0.2, 0) is 11.4 Å². The number of benzene rings is 3. The van der Waals surface area contributed by atoms with Crippen LogP contribution in [0.15, 0.2) is 93.9 Å². The molecule has 4 rings (SSSR count). The lowest BCUT2D eigenvalue weighted by atomic mass is 10.1. The number of rotatable bonds is 6. The number of nitrogens with zero attached hydrogens (tertiary/aromatic N) is 4. The molecule has 0 saturated heterocycles. The van der Waals surface area contributed by atoms with E-state index in [1.807, 2.05) is 55.5 Å². The van der Waals surface area contributed by atoms with Crippen LogP contribution in [0.5, 0.6) is 0 Å². The molecule has 1 heterocycles. The zero-order valence-corrected chi connectivity index (χ0v) is 17.5. The maximum atomic E-state index is 13.0. The van der Waals surface area contributed by atoms with Crippen LogP contribution in [-0.4, -0.2) is 21.6 Å². The van der Waals surface area contributed by atoms with Gasteiger partial charge in [0, 0.05) is 5.02 Å². The first-order chi connectivity index (χ1) is 15.1. The summed E-state index contributed by atoms with van der Waals surface area (Å²) in [6.07, 6.45) is 1.58. The Kier molecular flexibility index (Phi) is 6.19. The number of hydrogen-bond acceptors (Lipinski definition) is 5. The van der Waals surface area contributed by atoms with E-state index in [9.17, 15) is 4.79 Å². The molecular formula is C24H19ClN4O2. The Hall–Kier alpha value is -3.77. The molecule has 1 aromatic heterocycles. The molecule has 0 saturated carbocycles. The highest BCUT2D eigenvalue weighted by atomic mass is 35.5. The number of aromatic nitrogens is 2. The molecule has 0 unspecified atom stereocenters. The van der Waals surface area contributed by atoms with Crippen LogP contribution in [0.25, 0.3) is 10.9 Å². The van der Waals surface area contributed by atoms with Crippen molar-refractivity contribution in [1.82, 2.24) is 9.66 Å². The quantitative estimate of drug-likeness (QED) is 0.323. The lowest BCUT2D eigenvalue weighted by molar-refractivity contribution is 0.122. The van der Waals surface area contributed by atoms with Crippen LogP contribution in [0.3, 0.4) is 0 Å². The monoisotopic (exact) mass is 430 g/mol. The van der Waals surface area contributed by atoms with Gasteiger partial charge in [-0.15, -0.1) is 0 Å². The zero-order chi connectivity index (χ0) is 21.6. The SMILES string of the molecule is C/C(=N/OCc1nc2ccccc2c(=O)n1/N=C\c1ccc(Cl)cc1)c1ccccc1. The molecule has 6 nitrogen and oxygen atoms in total. The van der Waals surface area contributed by atoms with Gasteiger partial charge in [0.1, 0.15) is 0 Å². The second-order valence-corrected chi connectivity index (χ2v) is 7.21. The van der Waals surface area contributed by atoms with Crippen LogP contribution in [0, 0.1) is 0 Å². The van der Waals surface area contributed by atoms with Crippen molar-refractivity contribution in [3.05, 3.63) is 111 Å². The van der Waals surface area contributed by atoms with Crippen LogP contribution >= 0.6 is 11.6 Å². The van der Waals surface area contributed by atoms with Gasteiger partial charge in [-0.05, 0) is 42.3 Å². The average molecular weight is 431 g/mol. The minimum atomic E-state index is -0.279. The van der Waals surface area contributed by atoms with Crippen molar-refractivity contribution in [3.63, 3.8) is 0 Å². The summed E-state index contributed by atoms with van der Waals surface area (Å²) in [6, 6.07) is 24.0. The second kappa shape index (κ2) is 9.36. The molecule has 7 heteroatoms. The summed E-state index contributed by atoms with van der Waals surface area (Å²) in [6.45, 7) is 1.84. The van der Waals surface area contributed by atoms with Gasteiger partial charge in [0.05, 0.1) is 22.8 Å². The molecule has 154 valence electrons. The van der Waals surface area contributed by atoms with Gasteiger partial charge < -0.3 is 4.84 Å². The van der Waals surface area contributed by atoms with Gasteiger partial charge in [0.25, 0.3) is 5.56 Å². The number of halogens is 1. The fourth-order valence-corrected chi connectivity index (χ4v) is 3.10. The molecule has 0 radical (unpaired) electrons. The van der Waals surface area contributed by atoms with Crippen LogP contribution in [0.1, 0.15) is 23.9 Å². The summed E-state index contributed by atoms with van der Waals surface area (Å²) >= 11 is 5.93. The van der Waals surface area contributed by atoms with E-state index in [2.05, 4.69) is 15.2 Å². The number of para-hydroxylation sites is 1. The van der Waals surface area contributed by atoms with Crippen molar-refractivity contribution >= 4 is 34.4 Å². The normalized spacial score (nSPS) is 11.9. The van der Waals surface area contributed by atoms with Gasteiger partial charge >= 0.3 is 0 Å². The molecule has 0 spiro atoms. The van der Waals surface area contributed by atoms with Gasteiger partial charge in [-0.25, -0.2) is 4.98 Å². The highest BCUT2D eigenvalue weighted by Gasteiger charge is 2.11. The second-order valence-electron chi connectivity index (χ2n) is 6.77. The smallest absolute Gasteiger partial charge is 0.282 e. The average Bonchev–Trinajstić information content (AvgIpc) is 2.80. The molecule has 0 bridgehead atoms. The minimum Gasteiger partial charge on any atom is -0.387 e. The molecule has 0 aliphatic carbocycles. The van der Waals surface area contributed by atoms with Crippen molar-refractivity contribution in [2.24, 2.45) is 10.3 Å². The summed E-state index contributed by atoms with van der Waals surface area (Å²) in [5, 5.41) is 9.62. The van der Waals surface area contributed by atoms with Crippen molar-refractivity contribution < 1.29 is 4.84 Å². The summed E-state index contributed by atoms with van der Waals surface area (Å²) in [5.74, 6) is 0.346. The third kappa shape index (κ3) is 4.87. The Morgan fingerprint density at radius 1 is 1.03 bits per heavy atom. The highest BCUT2D eigenvalue weighted by molar-refractivity contribution is 6.30. The van der Waals surface area contributed by atoms with E-state index in [0.717, 1.165) is 16.8 Å². The summed E-state index contributed by atoms with van der Waals surface area (Å²) in [5.41, 5.74) is 2.77. The van der Waals surface area contributed by atoms with Crippen molar-refractivity contribution in [2.75, 3.05) is 0 Å².